The van der Waals surface area contributed by atoms with Crippen LogP contribution in [0.5, 0.6) is 0 Å². The zero-order chi connectivity index (χ0) is 18.5. The first-order valence-electron chi connectivity index (χ1n) is 9.09. The Bertz CT molecular complexity index is 950. The summed E-state index contributed by atoms with van der Waals surface area (Å²) in [6, 6.07) is 1.95. The molecule has 3 aromatic heterocycles. The molecule has 8 nitrogen and oxygen atoms in total. The Balaban J connectivity index is 1.63. The van der Waals surface area contributed by atoms with Crippen molar-refractivity contribution in [1.29, 1.82) is 0 Å². The molecule has 0 amide bonds. The van der Waals surface area contributed by atoms with Gasteiger partial charge in [-0.2, -0.15) is 5.10 Å². The highest BCUT2D eigenvalue weighted by Crippen LogP contribution is 2.25. The number of pyridine rings is 1. The van der Waals surface area contributed by atoms with Crippen molar-refractivity contribution in [2.45, 2.75) is 13.0 Å². The minimum atomic E-state index is 0.619. The van der Waals surface area contributed by atoms with Gasteiger partial charge in [0, 0.05) is 44.4 Å². The lowest BCUT2D eigenvalue weighted by atomic mass is 10.1. The lowest BCUT2D eigenvalue weighted by Crippen LogP contribution is -2.25. The van der Waals surface area contributed by atoms with Gasteiger partial charge in [0.05, 0.1) is 30.6 Å². The molecule has 1 aliphatic rings. The maximum Gasteiger partial charge on any atom is 0.155 e. The Morgan fingerprint density at radius 3 is 3.07 bits per heavy atom. The van der Waals surface area contributed by atoms with Crippen LogP contribution in [-0.2, 0) is 11.3 Å². The number of nitrogens with zero attached hydrogens (tertiary/aromatic N) is 5. The van der Waals surface area contributed by atoms with Crippen LogP contribution in [0.3, 0.4) is 0 Å². The molecule has 4 heterocycles. The molecule has 0 saturated carbocycles. The molecule has 8 heteroatoms. The second-order valence-corrected chi connectivity index (χ2v) is 6.45. The van der Waals surface area contributed by atoms with Crippen LogP contribution >= 0.6 is 0 Å². The third kappa shape index (κ3) is 4.12. The molecule has 2 N–H and O–H groups in total. The predicted molar refractivity (Wildman–Crippen MR) is 104 cm³/mol. The van der Waals surface area contributed by atoms with E-state index in [2.05, 4.69) is 31.8 Å². The van der Waals surface area contributed by atoms with Gasteiger partial charge >= 0.3 is 0 Å². The van der Waals surface area contributed by atoms with Gasteiger partial charge in [-0.05, 0) is 24.6 Å². The molecule has 0 unspecified atom stereocenters. The average molecular weight is 365 g/mol. The van der Waals surface area contributed by atoms with Gasteiger partial charge in [-0.3, -0.25) is 9.67 Å². The van der Waals surface area contributed by atoms with E-state index in [1.807, 2.05) is 23.1 Å². The van der Waals surface area contributed by atoms with Crippen molar-refractivity contribution in [2.75, 3.05) is 38.7 Å². The van der Waals surface area contributed by atoms with Crippen LogP contribution in [0.1, 0.15) is 6.42 Å². The Hall–Kier alpha value is -2.84. The summed E-state index contributed by atoms with van der Waals surface area (Å²) in [7, 11) is 1.68. The molecule has 1 aliphatic heterocycles. The van der Waals surface area contributed by atoms with Crippen LogP contribution in [0, 0.1) is 0 Å². The van der Waals surface area contributed by atoms with Crippen LogP contribution in [0.2, 0.25) is 0 Å². The highest BCUT2D eigenvalue weighted by molar-refractivity contribution is 5.88. The van der Waals surface area contributed by atoms with Crippen molar-refractivity contribution < 1.29 is 4.74 Å². The number of hydrogen-bond acceptors (Lipinski definition) is 7. The molecule has 27 heavy (non-hydrogen) atoms. The van der Waals surface area contributed by atoms with Gasteiger partial charge < -0.3 is 15.4 Å². The lowest BCUT2D eigenvalue weighted by molar-refractivity contribution is 0.183. The van der Waals surface area contributed by atoms with Gasteiger partial charge in [0.1, 0.15) is 5.52 Å². The van der Waals surface area contributed by atoms with E-state index in [-0.39, 0.29) is 0 Å². The lowest BCUT2D eigenvalue weighted by Gasteiger charge is -2.16. The number of anilines is 1. The molecule has 4 rings (SSSR count). The van der Waals surface area contributed by atoms with Gasteiger partial charge in [-0.1, -0.05) is 6.08 Å². The van der Waals surface area contributed by atoms with Crippen molar-refractivity contribution in [3.05, 3.63) is 42.5 Å². The molecule has 0 aromatic carbocycles. The Morgan fingerprint density at radius 1 is 1.30 bits per heavy atom. The topological polar surface area (TPSA) is 89.8 Å². The summed E-state index contributed by atoms with van der Waals surface area (Å²) in [5.74, 6) is 0.742. The summed E-state index contributed by atoms with van der Waals surface area (Å²) < 4.78 is 6.97. The van der Waals surface area contributed by atoms with Crippen molar-refractivity contribution in [1.82, 2.24) is 30.0 Å². The van der Waals surface area contributed by atoms with Crippen LogP contribution in [-0.4, -0.2) is 58.1 Å². The van der Waals surface area contributed by atoms with Crippen molar-refractivity contribution in [2.24, 2.45) is 0 Å². The molecular weight excluding hydrogens is 342 g/mol. The quantitative estimate of drug-likeness (QED) is 0.618. The summed E-state index contributed by atoms with van der Waals surface area (Å²) in [6.07, 6.45) is 10.5. The molecule has 0 bridgehead atoms. The molecule has 0 atom stereocenters. The van der Waals surface area contributed by atoms with Crippen molar-refractivity contribution >= 4 is 16.9 Å². The van der Waals surface area contributed by atoms with E-state index < -0.39 is 0 Å². The third-order valence-corrected chi connectivity index (χ3v) is 4.50. The normalized spacial score (nSPS) is 14.3. The average Bonchev–Trinajstić information content (AvgIpc) is 3.20. The minimum Gasteiger partial charge on any atom is -0.383 e. The Morgan fingerprint density at radius 2 is 2.22 bits per heavy atom. The first-order valence-corrected chi connectivity index (χ1v) is 9.09. The van der Waals surface area contributed by atoms with Crippen LogP contribution in [0.4, 0.5) is 5.82 Å². The maximum absolute atomic E-state index is 5.11. The van der Waals surface area contributed by atoms with E-state index in [1.54, 1.807) is 19.5 Å². The molecular formula is C19H23N7O. The Labute approximate surface area is 157 Å². The van der Waals surface area contributed by atoms with Gasteiger partial charge in [-0.25, -0.2) is 9.97 Å². The highest BCUT2D eigenvalue weighted by atomic mass is 16.5. The van der Waals surface area contributed by atoms with Gasteiger partial charge in [0.25, 0.3) is 0 Å². The third-order valence-electron chi connectivity index (χ3n) is 4.50. The monoisotopic (exact) mass is 365 g/mol. The van der Waals surface area contributed by atoms with Gasteiger partial charge in [0.15, 0.2) is 5.82 Å². The maximum atomic E-state index is 5.11. The summed E-state index contributed by atoms with van der Waals surface area (Å²) in [5, 5.41) is 11.2. The highest BCUT2D eigenvalue weighted by Gasteiger charge is 2.12. The summed E-state index contributed by atoms with van der Waals surface area (Å²) in [5.41, 5.74) is 4.69. The number of nitrogens with one attached hydrogen (secondary N) is 2. The summed E-state index contributed by atoms with van der Waals surface area (Å²) >= 11 is 0. The fraction of sp³-hybridized carbons (Fsp3) is 0.368. The Kier molecular flexibility index (Phi) is 5.36. The van der Waals surface area contributed by atoms with Gasteiger partial charge in [0.2, 0.25) is 0 Å². The number of ether oxygens (including phenoxy) is 1. The standard InChI is InChI=1S/C19H23N7O/c1-27-8-7-26-13-15(12-24-26)16-9-17-18(22-6-5-21-17)19(25-16)23-11-14-3-2-4-20-10-14/h3,5-6,9,12-13,20H,2,4,7-8,10-11H2,1H3,(H,23,25). The fourth-order valence-electron chi connectivity index (χ4n) is 3.08. The number of fused-ring (bicyclic) bond motifs is 1. The van der Waals surface area contributed by atoms with E-state index in [1.165, 1.54) is 5.57 Å². The first-order chi connectivity index (χ1) is 13.3. The predicted octanol–water partition coefficient (Wildman–Crippen LogP) is 1.87. The SMILES string of the molecule is COCCn1cc(-c2cc3nccnc3c(NCC3=CCCNC3)n2)cn1. The molecule has 0 aliphatic carbocycles. The minimum absolute atomic E-state index is 0.619. The van der Waals surface area contributed by atoms with Crippen molar-refractivity contribution in [3.8, 4) is 11.3 Å². The van der Waals surface area contributed by atoms with Crippen LogP contribution < -0.4 is 10.6 Å². The number of aromatic nitrogens is 5. The fourth-order valence-corrected chi connectivity index (χ4v) is 3.08. The molecule has 0 saturated heterocycles. The van der Waals surface area contributed by atoms with Crippen LogP contribution in [0.15, 0.2) is 42.5 Å². The largest absolute Gasteiger partial charge is 0.383 e. The molecule has 0 fully saturated rings. The first kappa shape index (κ1) is 17.6. The number of methoxy groups -OCH3 is 1. The summed E-state index contributed by atoms with van der Waals surface area (Å²) in [4.78, 5) is 13.7. The van der Waals surface area contributed by atoms with E-state index in [0.29, 0.717) is 13.2 Å². The molecule has 3 aromatic rings. The molecule has 0 radical (unpaired) electrons. The number of rotatable bonds is 7. The van der Waals surface area contributed by atoms with E-state index in [4.69, 9.17) is 9.72 Å². The second kappa shape index (κ2) is 8.24. The zero-order valence-electron chi connectivity index (χ0n) is 15.4. The van der Waals surface area contributed by atoms with E-state index >= 15 is 0 Å². The summed E-state index contributed by atoms with van der Waals surface area (Å²) in [6.45, 7) is 4.01. The number of hydrogen-bond donors (Lipinski definition) is 2. The molecule has 140 valence electrons. The van der Waals surface area contributed by atoms with E-state index in [0.717, 1.165) is 54.2 Å². The smallest absolute Gasteiger partial charge is 0.155 e. The van der Waals surface area contributed by atoms with Crippen molar-refractivity contribution in [3.63, 3.8) is 0 Å². The van der Waals surface area contributed by atoms with Crippen LogP contribution in [0.25, 0.3) is 22.3 Å². The second-order valence-electron chi connectivity index (χ2n) is 6.45. The van der Waals surface area contributed by atoms with Gasteiger partial charge in [-0.15, -0.1) is 0 Å². The molecule has 0 spiro atoms. The van der Waals surface area contributed by atoms with E-state index in [9.17, 15) is 0 Å². The zero-order valence-corrected chi connectivity index (χ0v) is 15.4.